The van der Waals surface area contributed by atoms with Gasteiger partial charge in [-0.05, 0) is 13.3 Å². The lowest BCUT2D eigenvalue weighted by atomic mass is 10.1. The average Bonchev–Trinajstić information content (AvgIpc) is 2.31. The maximum atomic E-state index is 13.5. The van der Waals surface area contributed by atoms with Crippen molar-refractivity contribution >= 4 is 11.9 Å². The highest BCUT2D eigenvalue weighted by Crippen LogP contribution is 2.26. The molecular weight excluding hydrogens is 272 g/mol. The summed E-state index contributed by atoms with van der Waals surface area (Å²) in [6, 6.07) is 0. The van der Waals surface area contributed by atoms with E-state index in [1.165, 1.54) is 13.8 Å². The summed E-state index contributed by atoms with van der Waals surface area (Å²) in [5.41, 5.74) is -0.129. The molecule has 0 aromatic carbocycles. The van der Waals surface area contributed by atoms with Crippen LogP contribution in [0.5, 0.6) is 0 Å². The van der Waals surface area contributed by atoms with Gasteiger partial charge >= 0.3 is 17.9 Å². The summed E-state index contributed by atoms with van der Waals surface area (Å²) in [5, 5.41) is 0. The second-order valence-corrected chi connectivity index (χ2v) is 3.70. The fourth-order valence-corrected chi connectivity index (χ4v) is 1.01. The molecule has 0 aliphatic heterocycles. The van der Waals surface area contributed by atoms with Gasteiger partial charge in [0.1, 0.15) is 0 Å². The summed E-state index contributed by atoms with van der Waals surface area (Å²) in [5.74, 6) is -7.46. The number of hydrogen-bond donors (Lipinski definition) is 0. The Balaban J connectivity index is 4.76. The number of alkyl halides is 4. The van der Waals surface area contributed by atoms with Gasteiger partial charge < -0.3 is 9.47 Å². The molecule has 4 nitrogen and oxygen atoms in total. The van der Waals surface area contributed by atoms with Crippen molar-refractivity contribution in [2.45, 2.75) is 38.7 Å². The minimum Gasteiger partial charge on any atom is -0.455 e. The Labute approximate surface area is 107 Å². The fraction of sp³-hybridized carbons (Fsp3) is 0.636. The van der Waals surface area contributed by atoms with Gasteiger partial charge in [-0.1, -0.05) is 13.5 Å². The number of ether oxygens (including phenoxy) is 2. The molecule has 1 unspecified atom stereocenters. The van der Waals surface area contributed by atoms with Crippen LogP contribution < -0.4 is 0 Å². The summed E-state index contributed by atoms with van der Waals surface area (Å²) in [4.78, 5) is 22.1. The number of rotatable bonds is 7. The Morgan fingerprint density at radius 2 is 1.84 bits per heavy atom. The van der Waals surface area contributed by atoms with Gasteiger partial charge in [0, 0.05) is 5.57 Å². The first kappa shape index (κ1) is 17.4. The molecule has 0 saturated heterocycles. The number of esters is 2. The summed E-state index contributed by atoms with van der Waals surface area (Å²) >= 11 is 0. The zero-order chi connectivity index (χ0) is 15.2. The number of hydrogen-bond acceptors (Lipinski definition) is 4. The van der Waals surface area contributed by atoms with Crippen molar-refractivity contribution in [2.75, 3.05) is 6.61 Å². The van der Waals surface area contributed by atoms with Gasteiger partial charge in [0.25, 0.3) is 6.43 Å². The molecule has 0 aromatic heterocycles. The van der Waals surface area contributed by atoms with E-state index in [1.54, 1.807) is 0 Å². The maximum Gasteiger partial charge on any atom is 0.381 e. The van der Waals surface area contributed by atoms with Crippen molar-refractivity contribution in [3.8, 4) is 0 Å². The molecule has 0 spiro atoms. The monoisotopic (exact) mass is 286 g/mol. The van der Waals surface area contributed by atoms with Gasteiger partial charge in [-0.15, -0.1) is 0 Å². The van der Waals surface area contributed by atoms with Crippen LogP contribution in [0.2, 0.25) is 0 Å². The molecule has 0 radical (unpaired) electrons. The first-order valence-electron chi connectivity index (χ1n) is 5.32. The van der Waals surface area contributed by atoms with E-state index < -0.39 is 43.4 Å². The molecule has 19 heavy (non-hydrogen) atoms. The lowest BCUT2D eigenvalue weighted by molar-refractivity contribution is -0.199. The van der Waals surface area contributed by atoms with Crippen LogP contribution in [-0.4, -0.2) is 37.0 Å². The standard InChI is InChI=1S/C11H14F4O4/c1-4-7(19-9(16)6(2)3)11(14,15)10(17)18-5-8(12)13/h7-8H,2,4-5H2,1,3H3. The van der Waals surface area contributed by atoms with Gasteiger partial charge in [0.2, 0.25) is 0 Å². The Morgan fingerprint density at radius 3 is 2.21 bits per heavy atom. The van der Waals surface area contributed by atoms with Crippen LogP contribution >= 0.6 is 0 Å². The van der Waals surface area contributed by atoms with Crippen LogP contribution in [0.25, 0.3) is 0 Å². The molecule has 0 aliphatic rings. The third kappa shape index (κ3) is 5.27. The number of halogens is 4. The minimum absolute atomic E-state index is 0.129. The molecule has 0 rings (SSSR count). The predicted octanol–water partition coefficient (Wildman–Crippen LogP) is 2.33. The summed E-state index contributed by atoms with van der Waals surface area (Å²) in [7, 11) is 0. The molecule has 0 bridgehead atoms. The Morgan fingerprint density at radius 1 is 1.32 bits per heavy atom. The van der Waals surface area contributed by atoms with Gasteiger partial charge in [0.05, 0.1) is 0 Å². The molecule has 0 N–H and O–H groups in total. The molecule has 0 heterocycles. The van der Waals surface area contributed by atoms with E-state index >= 15 is 0 Å². The average molecular weight is 286 g/mol. The molecule has 110 valence electrons. The predicted molar refractivity (Wildman–Crippen MR) is 56.9 cm³/mol. The SMILES string of the molecule is C=C(C)C(=O)OC(CC)C(F)(F)C(=O)OCC(F)F. The highest BCUT2D eigenvalue weighted by atomic mass is 19.3. The van der Waals surface area contributed by atoms with Crippen molar-refractivity contribution in [2.24, 2.45) is 0 Å². The highest BCUT2D eigenvalue weighted by molar-refractivity contribution is 5.87. The zero-order valence-corrected chi connectivity index (χ0v) is 10.4. The highest BCUT2D eigenvalue weighted by Gasteiger charge is 2.50. The molecule has 0 aliphatic carbocycles. The quantitative estimate of drug-likeness (QED) is 0.409. The third-order valence-corrected chi connectivity index (χ3v) is 1.99. The van der Waals surface area contributed by atoms with Crippen LogP contribution in [0.4, 0.5) is 17.6 Å². The molecule has 8 heteroatoms. The van der Waals surface area contributed by atoms with E-state index in [-0.39, 0.29) is 5.57 Å². The van der Waals surface area contributed by atoms with Gasteiger partial charge in [-0.25, -0.2) is 18.4 Å². The fourth-order valence-electron chi connectivity index (χ4n) is 1.01. The van der Waals surface area contributed by atoms with Crippen LogP contribution in [0, 0.1) is 0 Å². The van der Waals surface area contributed by atoms with Gasteiger partial charge in [0.15, 0.2) is 12.7 Å². The zero-order valence-electron chi connectivity index (χ0n) is 10.4. The van der Waals surface area contributed by atoms with Crippen LogP contribution in [0.3, 0.4) is 0 Å². The Bertz CT molecular complexity index is 355. The largest absolute Gasteiger partial charge is 0.455 e. The van der Waals surface area contributed by atoms with E-state index in [0.29, 0.717) is 0 Å². The molecular formula is C11H14F4O4. The molecule has 1 atom stereocenters. The minimum atomic E-state index is -4.20. The summed E-state index contributed by atoms with van der Waals surface area (Å²) in [6.07, 6.45) is -5.55. The van der Waals surface area contributed by atoms with Crippen molar-refractivity contribution in [3.63, 3.8) is 0 Å². The molecule has 0 aromatic rings. The smallest absolute Gasteiger partial charge is 0.381 e. The Kier molecular flexibility index (Phi) is 6.51. The second-order valence-electron chi connectivity index (χ2n) is 3.70. The molecule has 0 amide bonds. The molecule has 0 fully saturated rings. The number of carbonyl (C=O) groups is 2. The van der Waals surface area contributed by atoms with E-state index in [0.717, 1.165) is 0 Å². The first-order valence-corrected chi connectivity index (χ1v) is 5.32. The van der Waals surface area contributed by atoms with Gasteiger partial charge in [-0.2, -0.15) is 8.78 Å². The molecule has 0 saturated carbocycles. The van der Waals surface area contributed by atoms with Crippen LogP contribution in [0.1, 0.15) is 20.3 Å². The van der Waals surface area contributed by atoms with Crippen molar-refractivity contribution < 1.29 is 36.6 Å². The summed E-state index contributed by atoms with van der Waals surface area (Å²) in [6.45, 7) is 4.23. The van der Waals surface area contributed by atoms with Crippen molar-refractivity contribution in [1.29, 1.82) is 0 Å². The maximum absolute atomic E-state index is 13.5. The van der Waals surface area contributed by atoms with E-state index in [4.69, 9.17) is 0 Å². The lowest BCUT2D eigenvalue weighted by Gasteiger charge is -2.24. The van der Waals surface area contributed by atoms with Crippen LogP contribution in [0.15, 0.2) is 12.2 Å². The lowest BCUT2D eigenvalue weighted by Crippen LogP contribution is -2.45. The topological polar surface area (TPSA) is 52.6 Å². The number of carbonyl (C=O) groups excluding carboxylic acids is 2. The normalized spacial score (nSPS) is 13.0. The second kappa shape index (κ2) is 7.10. The third-order valence-electron chi connectivity index (χ3n) is 1.99. The van der Waals surface area contributed by atoms with Gasteiger partial charge in [-0.3, -0.25) is 0 Å². The first-order chi connectivity index (χ1) is 8.62. The van der Waals surface area contributed by atoms with E-state index in [2.05, 4.69) is 16.1 Å². The van der Waals surface area contributed by atoms with Crippen LogP contribution in [-0.2, 0) is 19.1 Å². The van der Waals surface area contributed by atoms with Crippen molar-refractivity contribution in [3.05, 3.63) is 12.2 Å². The van der Waals surface area contributed by atoms with E-state index in [1.807, 2.05) is 0 Å². The van der Waals surface area contributed by atoms with Crippen molar-refractivity contribution in [1.82, 2.24) is 0 Å². The Hall–Kier alpha value is -1.60. The summed E-state index contributed by atoms with van der Waals surface area (Å²) < 4.78 is 58.7. The van der Waals surface area contributed by atoms with E-state index in [9.17, 15) is 27.2 Å².